The summed E-state index contributed by atoms with van der Waals surface area (Å²) in [5.74, 6) is 2.84. The largest absolute Gasteiger partial charge is 0.493 e. The number of halogens is 1. The molecule has 0 aromatic heterocycles. The first-order valence-corrected chi connectivity index (χ1v) is 8.48. The van der Waals surface area contributed by atoms with E-state index in [1.54, 1.807) is 21.3 Å². The van der Waals surface area contributed by atoms with E-state index >= 15 is 0 Å². The van der Waals surface area contributed by atoms with Crippen molar-refractivity contribution in [1.29, 1.82) is 0 Å². The van der Waals surface area contributed by atoms with E-state index in [0.29, 0.717) is 24.0 Å². The summed E-state index contributed by atoms with van der Waals surface area (Å²) in [6.45, 7) is 4.68. The Balaban J connectivity index is 0.00000364. The van der Waals surface area contributed by atoms with Crippen molar-refractivity contribution in [3.8, 4) is 17.2 Å². The minimum absolute atomic E-state index is 0. The Hall–Kier alpha value is -2.16. The fourth-order valence-corrected chi connectivity index (χ4v) is 2.36. The van der Waals surface area contributed by atoms with Gasteiger partial charge in [-0.2, -0.15) is 0 Å². The Morgan fingerprint density at radius 1 is 1.04 bits per heavy atom. The first kappa shape index (κ1) is 22.9. The topological polar surface area (TPSA) is 64.1 Å². The second kappa shape index (κ2) is 11.5. The highest BCUT2D eigenvalue weighted by atomic mass is 127. The summed E-state index contributed by atoms with van der Waals surface area (Å²) in [5.41, 5.74) is 2.06. The molecule has 2 aromatic carbocycles. The molecule has 0 aliphatic rings. The van der Waals surface area contributed by atoms with Crippen LogP contribution in [0, 0.1) is 6.92 Å². The van der Waals surface area contributed by atoms with E-state index in [0.717, 1.165) is 11.4 Å². The van der Waals surface area contributed by atoms with Crippen LogP contribution >= 0.6 is 24.0 Å². The van der Waals surface area contributed by atoms with Gasteiger partial charge in [0, 0.05) is 18.8 Å². The fourth-order valence-electron chi connectivity index (χ4n) is 2.36. The second-order valence-electron chi connectivity index (χ2n) is 5.89. The SMILES string of the molecule is CN=C(NCC(C)Oc1ccc(C)cc1)Nc1ccc(OC)c(OC)c1.I. The third-order valence-electron chi connectivity index (χ3n) is 3.79. The molecule has 7 heteroatoms. The molecule has 0 aliphatic heterocycles. The zero-order valence-electron chi connectivity index (χ0n) is 16.4. The first-order chi connectivity index (χ1) is 12.5. The highest BCUT2D eigenvalue weighted by Crippen LogP contribution is 2.29. The number of rotatable bonds is 7. The van der Waals surface area contributed by atoms with Gasteiger partial charge in [-0.15, -0.1) is 24.0 Å². The fraction of sp³-hybridized carbons (Fsp3) is 0.350. The third-order valence-corrected chi connectivity index (χ3v) is 3.79. The third kappa shape index (κ3) is 7.16. The Morgan fingerprint density at radius 2 is 1.70 bits per heavy atom. The second-order valence-corrected chi connectivity index (χ2v) is 5.89. The number of hydrogen-bond donors (Lipinski definition) is 2. The van der Waals surface area contributed by atoms with Crippen LogP contribution in [0.4, 0.5) is 5.69 Å². The molecule has 1 unspecified atom stereocenters. The lowest BCUT2D eigenvalue weighted by atomic mass is 10.2. The Morgan fingerprint density at radius 3 is 2.30 bits per heavy atom. The lowest BCUT2D eigenvalue weighted by Gasteiger charge is -2.18. The monoisotopic (exact) mass is 485 g/mol. The highest BCUT2D eigenvalue weighted by Gasteiger charge is 2.08. The Kier molecular flexibility index (Phi) is 9.77. The summed E-state index contributed by atoms with van der Waals surface area (Å²) in [6.07, 6.45) is -0.0124. The van der Waals surface area contributed by atoms with Crippen molar-refractivity contribution >= 4 is 35.6 Å². The van der Waals surface area contributed by atoms with Crippen molar-refractivity contribution in [3.63, 3.8) is 0 Å². The zero-order valence-corrected chi connectivity index (χ0v) is 18.7. The summed E-state index contributed by atoms with van der Waals surface area (Å²) in [7, 11) is 4.95. The van der Waals surface area contributed by atoms with Gasteiger partial charge in [0.25, 0.3) is 0 Å². The van der Waals surface area contributed by atoms with Gasteiger partial charge in [-0.25, -0.2) is 0 Å². The van der Waals surface area contributed by atoms with Gasteiger partial charge in [-0.05, 0) is 38.1 Å². The van der Waals surface area contributed by atoms with E-state index in [-0.39, 0.29) is 30.1 Å². The summed E-state index contributed by atoms with van der Waals surface area (Å²) < 4.78 is 16.5. The quantitative estimate of drug-likeness (QED) is 0.352. The molecule has 2 rings (SSSR count). The van der Waals surface area contributed by atoms with Gasteiger partial charge < -0.3 is 24.8 Å². The molecule has 0 bridgehead atoms. The van der Waals surface area contributed by atoms with Crippen LogP contribution in [0.15, 0.2) is 47.5 Å². The number of benzene rings is 2. The maximum absolute atomic E-state index is 5.90. The van der Waals surface area contributed by atoms with Crippen LogP contribution in [0.5, 0.6) is 17.2 Å². The molecule has 2 N–H and O–H groups in total. The lowest BCUT2D eigenvalue weighted by Crippen LogP contribution is -2.37. The molecule has 0 saturated carbocycles. The molecule has 0 heterocycles. The van der Waals surface area contributed by atoms with Crippen molar-refractivity contribution < 1.29 is 14.2 Å². The molecule has 27 heavy (non-hydrogen) atoms. The maximum atomic E-state index is 5.90. The normalized spacial score (nSPS) is 11.8. The molecule has 0 saturated heterocycles. The summed E-state index contributed by atoms with van der Waals surface area (Å²) in [4.78, 5) is 4.24. The highest BCUT2D eigenvalue weighted by molar-refractivity contribution is 14.0. The number of nitrogens with one attached hydrogen (secondary N) is 2. The molecular weight excluding hydrogens is 457 g/mol. The number of hydrogen-bond acceptors (Lipinski definition) is 4. The standard InChI is InChI=1S/C20H27N3O3.HI/c1-14-6-9-17(10-7-14)26-15(2)13-22-20(21-3)23-16-8-11-18(24-4)19(12-16)25-5;/h6-12,15H,13H2,1-5H3,(H2,21,22,23);1H. The minimum Gasteiger partial charge on any atom is -0.493 e. The van der Waals surface area contributed by atoms with Crippen LogP contribution < -0.4 is 24.8 Å². The summed E-state index contributed by atoms with van der Waals surface area (Å²) in [5, 5.41) is 6.49. The van der Waals surface area contributed by atoms with Gasteiger partial charge in [0.2, 0.25) is 0 Å². The molecule has 1 atom stereocenters. The van der Waals surface area contributed by atoms with E-state index in [4.69, 9.17) is 14.2 Å². The number of methoxy groups -OCH3 is 2. The average Bonchev–Trinajstić information content (AvgIpc) is 2.66. The van der Waals surface area contributed by atoms with Crippen LogP contribution in [0.25, 0.3) is 0 Å². The Labute approximate surface area is 178 Å². The molecule has 0 amide bonds. The molecule has 6 nitrogen and oxygen atoms in total. The van der Waals surface area contributed by atoms with Gasteiger partial charge in [-0.1, -0.05) is 17.7 Å². The van der Waals surface area contributed by atoms with Gasteiger partial charge in [0.1, 0.15) is 11.9 Å². The van der Waals surface area contributed by atoms with E-state index < -0.39 is 0 Å². The molecule has 0 spiro atoms. The van der Waals surface area contributed by atoms with Gasteiger partial charge in [-0.3, -0.25) is 4.99 Å². The number of aryl methyl sites for hydroxylation is 1. The molecule has 0 radical (unpaired) electrons. The maximum Gasteiger partial charge on any atom is 0.195 e. The summed E-state index contributed by atoms with van der Waals surface area (Å²) in [6, 6.07) is 13.6. The smallest absolute Gasteiger partial charge is 0.195 e. The van der Waals surface area contributed by atoms with Crippen LogP contribution in [0.3, 0.4) is 0 Å². The predicted octanol–water partition coefficient (Wildman–Crippen LogP) is 4.09. The van der Waals surface area contributed by atoms with Crippen LogP contribution in [-0.2, 0) is 0 Å². The summed E-state index contributed by atoms with van der Waals surface area (Å²) >= 11 is 0. The van der Waals surface area contributed by atoms with Crippen molar-refractivity contribution in [2.75, 3.05) is 33.1 Å². The first-order valence-electron chi connectivity index (χ1n) is 8.48. The van der Waals surface area contributed by atoms with Gasteiger partial charge in [0.15, 0.2) is 17.5 Å². The van der Waals surface area contributed by atoms with Crippen molar-refractivity contribution in [2.24, 2.45) is 4.99 Å². The Bertz CT molecular complexity index is 736. The zero-order chi connectivity index (χ0) is 18.9. The van der Waals surface area contributed by atoms with Gasteiger partial charge in [0.05, 0.1) is 20.8 Å². The number of ether oxygens (including phenoxy) is 3. The minimum atomic E-state index is -0.0124. The number of guanidine groups is 1. The number of aliphatic imine (C=N–C) groups is 1. The van der Waals surface area contributed by atoms with E-state index in [9.17, 15) is 0 Å². The number of anilines is 1. The van der Waals surface area contributed by atoms with Crippen LogP contribution in [-0.4, -0.2) is 39.9 Å². The molecular formula is C20H28IN3O3. The average molecular weight is 485 g/mol. The lowest BCUT2D eigenvalue weighted by molar-refractivity contribution is 0.224. The van der Waals surface area contributed by atoms with E-state index in [2.05, 4.69) is 22.5 Å². The molecule has 148 valence electrons. The van der Waals surface area contributed by atoms with Crippen molar-refractivity contribution in [2.45, 2.75) is 20.0 Å². The van der Waals surface area contributed by atoms with Crippen LogP contribution in [0.2, 0.25) is 0 Å². The van der Waals surface area contributed by atoms with Gasteiger partial charge >= 0.3 is 0 Å². The van der Waals surface area contributed by atoms with Crippen molar-refractivity contribution in [3.05, 3.63) is 48.0 Å². The number of nitrogens with zero attached hydrogens (tertiary/aromatic N) is 1. The van der Waals surface area contributed by atoms with Crippen LogP contribution in [0.1, 0.15) is 12.5 Å². The molecule has 0 fully saturated rings. The van der Waals surface area contributed by atoms with E-state index in [1.165, 1.54) is 5.56 Å². The van der Waals surface area contributed by atoms with Crippen molar-refractivity contribution in [1.82, 2.24) is 5.32 Å². The predicted molar refractivity (Wildman–Crippen MR) is 121 cm³/mol. The molecule has 0 aliphatic carbocycles. The molecule has 2 aromatic rings. The van der Waals surface area contributed by atoms with E-state index in [1.807, 2.05) is 49.4 Å².